The Morgan fingerprint density at radius 2 is 1.50 bits per heavy atom. The molecule has 0 spiro atoms. The molecule has 0 atom stereocenters. The number of carbonyl (C=O) groups is 3. The molecule has 1 fully saturated rings. The summed E-state index contributed by atoms with van der Waals surface area (Å²) < 4.78 is 18.8. The average molecular weight is 761 g/mol. The lowest BCUT2D eigenvalue weighted by Crippen LogP contribution is -2.54. The van der Waals surface area contributed by atoms with E-state index in [0.29, 0.717) is 43.9 Å². The third kappa shape index (κ3) is 7.27. The van der Waals surface area contributed by atoms with Gasteiger partial charge in [0.25, 0.3) is 11.8 Å². The molecule has 8 nitrogen and oxygen atoms in total. The molecule has 44 heavy (non-hydrogen) atoms. The van der Waals surface area contributed by atoms with E-state index < -0.39 is 17.8 Å². The lowest BCUT2D eigenvalue weighted by Gasteiger charge is -2.26. The zero-order chi connectivity index (χ0) is 31.4. The highest BCUT2D eigenvalue weighted by molar-refractivity contribution is 9.10. The number of urea groups is 1. The highest BCUT2D eigenvalue weighted by Crippen LogP contribution is 2.38. The van der Waals surface area contributed by atoms with Crippen LogP contribution in [0, 0.1) is 0 Å². The fourth-order valence-electron chi connectivity index (χ4n) is 4.25. The first kappa shape index (κ1) is 31.6. The molecule has 4 aromatic carbocycles. The highest BCUT2D eigenvalue weighted by atomic mass is 79.9. The zero-order valence-electron chi connectivity index (χ0n) is 22.9. The monoisotopic (exact) mass is 758 g/mol. The SMILES string of the molecule is COc1cc(/C=C2\C(=O)NC(=O)N(c3ccc(OCc4ccc(Br)cc4)cc3)C2=O)cc(Br)c1OCc1ccc(Cl)c(Cl)c1. The number of halogens is 4. The Morgan fingerprint density at radius 3 is 2.18 bits per heavy atom. The average Bonchev–Trinajstić information content (AvgIpc) is 3.00. The normalized spacial score (nSPS) is 14.1. The Bertz CT molecular complexity index is 1780. The third-order valence-electron chi connectivity index (χ3n) is 6.45. The molecule has 1 aliphatic heterocycles. The van der Waals surface area contributed by atoms with E-state index in [1.807, 2.05) is 24.3 Å². The standard InChI is InChI=1S/C32H22Br2Cl2N2O6/c1-42-28-15-20(13-25(34)29(28)44-17-19-4-11-26(35)27(36)14-19)12-24-30(39)37-32(41)38(31(24)40)22-7-9-23(10-8-22)43-16-18-2-5-21(33)6-3-18/h2-15H,16-17H2,1H3,(H,37,39,41)/b24-12+. The van der Waals surface area contributed by atoms with E-state index in [2.05, 4.69) is 37.2 Å². The maximum Gasteiger partial charge on any atom is 0.335 e. The van der Waals surface area contributed by atoms with Gasteiger partial charge in [0.1, 0.15) is 24.5 Å². The maximum absolute atomic E-state index is 13.4. The summed E-state index contributed by atoms with van der Waals surface area (Å²) in [4.78, 5) is 39.8. The molecule has 0 unspecified atom stereocenters. The third-order valence-corrected chi connectivity index (χ3v) is 8.30. The van der Waals surface area contributed by atoms with E-state index in [4.69, 9.17) is 37.4 Å². The minimum atomic E-state index is -0.856. The summed E-state index contributed by atoms with van der Waals surface area (Å²) in [5.74, 6) is -0.300. The van der Waals surface area contributed by atoms with Crippen LogP contribution in [-0.2, 0) is 22.8 Å². The number of nitrogens with one attached hydrogen (secondary N) is 1. The van der Waals surface area contributed by atoms with Crippen LogP contribution in [0.25, 0.3) is 6.08 Å². The molecule has 1 saturated heterocycles. The molecule has 1 aliphatic rings. The van der Waals surface area contributed by atoms with Crippen molar-refractivity contribution >= 4 is 84.7 Å². The molecule has 12 heteroatoms. The van der Waals surface area contributed by atoms with Gasteiger partial charge in [-0.1, -0.05) is 57.3 Å². The van der Waals surface area contributed by atoms with Crippen LogP contribution in [0.3, 0.4) is 0 Å². The summed E-state index contributed by atoms with van der Waals surface area (Å²) in [5.41, 5.74) is 2.26. The van der Waals surface area contributed by atoms with Gasteiger partial charge in [-0.05, 0) is 99.4 Å². The van der Waals surface area contributed by atoms with Gasteiger partial charge in [0.05, 0.1) is 27.3 Å². The summed E-state index contributed by atoms with van der Waals surface area (Å²) in [6.45, 7) is 0.522. The molecule has 5 rings (SSSR count). The van der Waals surface area contributed by atoms with E-state index >= 15 is 0 Å². The number of benzene rings is 4. The minimum absolute atomic E-state index is 0.179. The van der Waals surface area contributed by atoms with Crippen molar-refractivity contribution in [1.29, 1.82) is 0 Å². The van der Waals surface area contributed by atoms with Gasteiger partial charge in [0.2, 0.25) is 0 Å². The summed E-state index contributed by atoms with van der Waals surface area (Å²) in [7, 11) is 1.47. The Hall–Kier alpha value is -3.83. The van der Waals surface area contributed by atoms with Crippen LogP contribution < -0.4 is 24.4 Å². The topological polar surface area (TPSA) is 94.2 Å². The molecule has 0 aromatic heterocycles. The summed E-state index contributed by atoms with van der Waals surface area (Å²) >= 11 is 19.0. The van der Waals surface area contributed by atoms with E-state index in [0.717, 1.165) is 20.5 Å². The smallest absolute Gasteiger partial charge is 0.335 e. The first-order valence-corrected chi connectivity index (χ1v) is 15.3. The van der Waals surface area contributed by atoms with Gasteiger partial charge >= 0.3 is 6.03 Å². The Labute approximate surface area is 279 Å². The first-order chi connectivity index (χ1) is 21.1. The van der Waals surface area contributed by atoms with Crippen molar-refractivity contribution in [2.75, 3.05) is 12.0 Å². The number of anilines is 1. The molecular weight excluding hydrogens is 739 g/mol. The molecule has 0 saturated carbocycles. The first-order valence-electron chi connectivity index (χ1n) is 13.0. The summed E-state index contributed by atoms with van der Waals surface area (Å²) in [6, 6.07) is 21.7. The van der Waals surface area contributed by atoms with E-state index in [-0.39, 0.29) is 17.9 Å². The van der Waals surface area contributed by atoms with Crippen molar-refractivity contribution in [3.05, 3.63) is 120 Å². The molecule has 1 heterocycles. The number of rotatable bonds is 9. The number of carbonyl (C=O) groups excluding carboxylic acids is 3. The molecule has 224 valence electrons. The van der Waals surface area contributed by atoms with Crippen LogP contribution >= 0.6 is 55.1 Å². The lowest BCUT2D eigenvalue weighted by molar-refractivity contribution is -0.122. The number of hydrogen-bond donors (Lipinski definition) is 1. The number of methoxy groups -OCH3 is 1. The summed E-state index contributed by atoms with van der Waals surface area (Å²) in [6.07, 6.45) is 1.38. The zero-order valence-corrected chi connectivity index (χ0v) is 27.6. The predicted octanol–water partition coefficient (Wildman–Crippen LogP) is 8.35. The van der Waals surface area contributed by atoms with Crippen LogP contribution in [0.15, 0.2) is 93.4 Å². The predicted molar refractivity (Wildman–Crippen MR) is 175 cm³/mol. The fraction of sp³-hybridized carbons (Fsp3) is 0.0938. The van der Waals surface area contributed by atoms with Crippen molar-refractivity contribution in [3.63, 3.8) is 0 Å². The fourth-order valence-corrected chi connectivity index (χ4v) is 5.40. The number of hydrogen-bond acceptors (Lipinski definition) is 6. The second-order valence-electron chi connectivity index (χ2n) is 9.44. The Morgan fingerprint density at radius 1 is 0.818 bits per heavy atom. The quantitative estimate of drug-likeness (QED) is 0.136. The van der Waals surface area contributed by atoms with Gasteiger partial charge in [-0.15, -0.1) is 0 Å². The van der Waals surface area contributed by atoms with Crippen molar-refractivity contribution in [2.24, 2.45) is 0 Å². The molecule has 1 N–H and O–H groups in total. The number of ether oxygens (including phenoxy) is 3. The van der Waals surface area contributed by atoms with Gasteiger partial charge < -0.3 is 14.2 Å². The molecular formula is C32H22Br2Cl2N2O6. The number of nitrogens with zero attached hydrogens (tertiary/aromatic N) is 1. The number of barbiturate groups is 1. The molecule has 0 aliphatic carbocycles. The van der Waals surface area contributed by atoms with Crippen molar-refractivity contribution in [2.45, 2.75) is 13.2 Å². The van der Waals surface area contributed by atoms with Crippen molar-refractivity contribution < 1.29 is 28.6 Å². The van der Waals surface area contributed by atoms with E-state index in [9.17, 15) is 14.4 Å². The van der Waals surface area contributed by atoms with Gasteiger partial charge in [-0.3, -0.25) is 14.9 Å². The Kier molecular flexibility index (Phi) is 9.95. The molecule has 0 bridgehead atoms. The lowest BCUT2D eigenvalue weighted by atomic mass is 10.1. The van der Waals surface area contributed by atoms with Gasteiger partial charge in [-0.25, -0.2) is 9.69 Å². The second kappa shape index (κ2) is 13.9. The highest BCUT2D eigenvalue weighted by Gasteiger charge is 2.37. The van der Waals surface area contributed by atoms with E-state index in [1.54, 1.807) is 54.6 Å². The van der Waals surface area contributed by atoms with E-state index in [1.165, 1.54) is 13.2 Å². The van der Waals surface area contributed by atoms with Crippen LogP contribution in [0.5, 0.6) is 17.2 Å². The van der Waals surface area contributed by atoms with Crippen LogP contribution in [0.4, 0.5) is 10.5 Å². The minimum Gasteiger partial charge on any atom is -0.493 e. The Balaban J connectivity index is 1.33. The van der Waals surface area contributed by atoms with Gasteiger partial charge in [0.15, 0.2) is 11.5 Å². The van der Waals surface area contributed by atoms with Crippen LogP contribution in [0.1, 0.15) is 16.7 Å². The number of amides is 4. The maximum atomic E-state index is 13.4. The molecule has 0 radical (unpaired) electrons. The van der Waals surface area contributed by atoms with Gasteiger partial charge in [-0.2, -0.15) is 0 Å². The van der Waals surface area contributed by atoms with Crippen molar-refractivity contribution in [1.82, 2.24) is 5.32 Å². The summed E-state index contributed by atoms with van der Waals surface area (Å²) in [5, 5.41) is 3.08. The van der Waals surface area contributed by atoms with Crippen LogP contribution in [0.2, 0.25) is 10.0 Å². The van der Waals surface area contributed by atoms with Gasteiger partial charge in [0, 0.05) is 4.47 Å². The largest absolute Gasteiger partial charge is 0.493 e. The molecule has 4 amide bonds. The number of imide groups is 2. The molecule has 4 aromatic rings. The van der Waals surface area contributed by atoms with Crippen molar-refractivity contribution in [3.8, 4) is 17.2 Å². The van der Waals surface area contributed by atoms with Crippen LogP contribution in [-0.4, -0.2) is 25.0 Å². The second-order valence-corrected chi connectivity index (χ2v) is 12.0.